The molecule has 0 fully saturated rings. The van der Waals surface area contributed by atoms with Gasteiger partial charge in [-0.1, -0.05) is 35.0 Å². The number of hydrogen-bond acceptors (Lipinski definition) is 4. The molecule has 4 nitrogen and oxygen atoms in total. The van der Waals surface area contributed by atoms with Gasteiger partial charge < -0.3 is 10.1 Å². The van der Waals surface area contributed by atoms with Gasteiger partial charge in [-0.25, -0.2) is 4.98 Å². The SMILES string of the molecule is CCNC(c1ccc(Br)cc1)c1nccnc1OC. The number of nitrogens with zero attached hydrogens (tertiary/aromatic N) is 2. The highest BCUT2D eigenvalue weighted by Crippen LogP contribution is 2.27. The molecule has 0 saturated carbocycles. The first kappa shape index (κ1) is 14.0. The highest BCUT2D eigenvalue weighted by Gasteiger charge is 2.19. The van der Waals surface area contributed by atoms with Crippen molar-refractivity contribution in [2.45, 2.75) is 13.0 Å². The number of methoxy groups -OCH3 is 1. The van der Waals surface area contributed by atoms with Crippen molar-refractivity contribution in [1.29, 1.82) is 0 Å². The second-order valence-electron chi connectivity index (χ2n) is 3.99. The van der Waals surface area contributed by atoms with Crippen molar-refractivity contribution in [2.24, 2.45) is 0 Å². The van der Waals surface area contributed by atoms with Crippen molar-refractivity contribution in [2.75, 3.05) is 13.7 Å². The molecular formula is C14H16BrN3O. The zero-order chi connectivity index (χ0) is 13.7. The fraction of sp³-hybridized carbons (Fsp3) is 0.286. The van der Waals surface area contributed by atoms with Crippen LogP contribution in [0.5, 0.6) is 5.88 Å². The van der Waals surface area contributed by atoms with Gasteiger partial charge in [-0.3, -0.25) is 4.98 Å². The number of ether oxygens (including phenoxy) is 1. The van der Waals surface area contributed by atoms with E-state index in [1.165, 1.54) is 0 Å². The van der Waals surface area contributed by atoms with Gasteiger partial charge in [0.1, 0.15) is 5.69 Å². The van der Waals surface area contributed by atoms with Crippen LogP contribution < -0.4 is 10.1 Å². The van der Waals surface area contributed by atoms with E-state index < -0.39 is 0 Å². The molecule has 0 bridgehead atoms. The molecule has 5 heteroatoms. The lowest BCUT2D eigenvalue weighted by Crippen LogP contribution is -2.23. The summed E-state index contributed by atoms with van der Waals surface area (Å²) in [7, 11) is 1.61. The van der Waals surface area contributed by atoms with Gasteiger partial charge in [-0.2, -0.15) is 0 Å². The van der Waals surface area contributed by atoms with Gasteiger partial charge in [0.15, 0.2) is 0 Å². The molecule has 19 heavy (non-hydrogen) atoms. The van der Waals surface area contributed by atoms with E-state index in [1.807, 2.05) is 12.1 Å². The number of nitrogens with one attached hydrogen (secondary N) is 1. The Kier molecular flexibility index (Phi) is 4.87. The monoisotopic (exact) mass is 321 g/mol. The summed E-state index contributed by atoms with van der Waals surface area (Å²) in [4.78, 5) is 8.61. The molecule has 0 spiro atoms. The standard InChI is InChI=1S/C14H16BrN3O/c1-3-16-12(10-4-6-11(15)7-5-10)13-14(19-2)18-9-8-17-13/h4-9,12,16H,3H2,1-2H3. The molecule has 1 atom stereocenters. The highest BCUT2D eigenvalue weighted by molar-refractivity contribution is 9.10. The van der Waals surface area contributed by atoms with Gasteiger partial charge >= 0.3 is 0 Å². The average molecular weight is 322 g/mol. The lowest BCUT2D eigenvalue weighted by molar-refractivity contribution is 0.383. The Labute approximate surface area is 121 Å². The Morgan fingerprint density at radius 3 is 2.53 bits per heavy atom. The quantitative estimate of drug-likeness (QED) is 0.919. The molecule has 0 aliphatic heterocycles. The molecule has 1 N–H and O–H groups in total. The van der Waals surface area contributed by atoms with Crippen molar-refractivity contribution in [3.8, 4) is 5.88 Å². The summed E-state index contributed by atoms with van der Waals surface area (Å²) in [5, 5.41) is 3.41. The normalized spacial score (nSPS) is 12.2. The first-order chi connectivity index (χ1) is 9.26. The third-order valence-corrected chi connectivity index (χ3v) is 3.30. The van der Waals surface area contributed by atoms with Gasteiger partial charge in [0.05, 0.1) is 13.2 Å². The van der Waals surface area contributed by atoms with Crippen LogP contribution in [0, 0.1) is 0 Å². The summed E-state index contributed by atoms with van der Waals surface area (Å²) in [5.74, 6) is 0.552. The number of benzene rings is 1. The number of halogens is 1. The van der Waals surface area contributed by atoms with Gasteiger partial charge in [0, 0.05) is 16.9 Å². The molecule has 2 aromatic rings. The van der Waals surface area contributed by atoms with Crippen LogP contribution in [0.25, 0.3) is 0 Å². The third-order valence-electron chi connectivity index (χ3n) is 2.77. The highest BCUT2D eigenvalue weighted by atomic mass is 79.9. The minimum absolute atomic E-state index is 0.0262. The Balaban J connectivity index is 2.42. The Morgan fingerprint density at radius 1 is 1.21 bits per heavy atom. The predicted molar refractivity (Wildman–Crippen MR) is 78.2 cm³/mol. The lowest BCUT2D eigenvalue weighted by Gasteiger charge is -2.19. The second kappa shape index (κ2) is 6.63. The van der Waals surface area contributed by atoms with Crippen LogP contribution in [-0.4, -0.2) is 23.6 Å². The van der Waals surface area contributed by atoms with Gasteiger partial charge in [0.2, 0.25) is 5.88 Å². The second-order valence-corrected chi connectivity index (χ2v) is 4.91. The molecule has 1 unspecified atom stereocenters. The predicted octanol–water partition coefficient (Wildman–Crippen LogP) is 2.95. The Bertz CT molecular complexity index is 530. The number of aromatic nitrogens is 2. The summed E-state index contributed by atoms with van der Waals surface area (Å²) < 4.78 is 6.35. The smallest absolute Gasteiger partial charge is 0.237 e. The topological polar surface area (TPSA) is 47.0 Å². The first-order valence-electron chi connectivity index (χ1n) is 6.10. The van der Waals surface area contributed by atoms with Crippen LogP contribution >= 0.6 is 15.9 Å². The fourth-order valence-electron chi connectivity index (χ4n) is 1.92. The molecule has 100 valence electrons. The molecule has 1 aromatic heterocycles. The molecule has 1 heterocycles. The van der Waals surface area contributed by atoms with Crippen molar-refractivity contribution in [3.63, 3.8) is 0 Å². The summed E-state index contributed by atoms with van der Waals surface area (Å²) in [6.45, 7) is 2.90. The lowest BCUT2D eigenvalue weighted by atomic mass is 10.0. The minimum atomic E-state index is -0.0262. The van der Waals surface area contributed by atoms with Gasteiger partial charge in [-0.05, 0) is 24.2 Å². The van der Waals surface area contributed by atoms with E-state index in [0.29, 0.717) is 5.88 Å². The molecule has 2 rings (SSSR count). The molecule has 0 amide bonds. The third kappa shape index (κ3) is 3.30. The van der Waals surface area contributed by atoms with Crippen LogP contribution in [0.3, 0.4) is 0 Å². The van der Waals surface area contributed by atoms with E-state index in [9.17, 15) is 0 Å². The van der Waals surface area contributed by atoms with Crippen LogP contribution in [0.2, 0.25) is 0 Å². The molecule has 1 aromatic carbocycles. The van der Waals surface area contributed by atoms with Crippen molar-refractivity contribution < 1.29 is 4.74 Å². The summed E-state index contributed by atoms with van der Waals surface area (Å²) in [6.07, 6.45) is 3.31. The van der Waals surface area contributed by atoms with Gasteiger partial charge in [-0.15, -0.1) is 0 Å². The number of hydrogen-bond donors (Lipinski definition) is 1. The van der Waals surface area contributed by atoms with Crippen LogP contribution in [-0.2, 0) is 0 Å². The molecule has 0 aliphatic carbocycles. The Hall–Kier alpha value is -1.46. The largest absolute Gasteiger partial charge is 0.480 e. The Morgan fingerprint density at radius 2 is 1.89 bits per heavy atom. The zero-order valence-corrected chi connectivity index (χ0v) is 12.5. The summed E-state index contributed by atoms with van der Waals surface area (Å²) in [6, 6.07) is 8.13. The van der Waals surface area contributed by atoms with E-state index in [4.69, 9.17) is 4.74 Å². The van der Waals surface area contributed by atoms with Crippen molar-refractivity contribution in [3.05, 3.63) is 52.4 Å². The fourth-order valence-corrected chi connectivity index (χ4v) is 2.19. The molecule has 0 saturated heterocycles. The van der Waals surface area contributed by atoms with Crippen LogP contribution in [0.4, 0.5) is 0 Å². The van der Waals surface area contributed by atoms with Crippen LogP contribution in [0.1, 0.15) is 24.2 Å². The average Bonchev–Trinajstić information content (AvgIpc) is 2.46. The van der Waals surface area contributed by atoms with Crippen molar-refractivity contribution in [1.82, 2.24) is 15.3 Å². The minimum Gasteiger partial charge on any atom is -0.480 e. The number of rotatable bonds is 5. The maximum atomic E-state index is 5.29. The van der Waals surface area contributed by atoms with E-state index in [1.54, 1.807) is 19.5 Å². The summed E-state index contributed by atoms with van der Waals surface area (Å²) >= 11 is 3.44. The maximum absolute atomic E-state index is 5.29. The summed E-state index contributed by atoms with van der Waals surface area (Å²) in [5.41, 5.74) is 1.93. The van der Waals surface area contributed by atoms with Crippen molar-refractivity contribution >= 4 is 15.9 Å². The maximum Gasteiger partial charge on any atom is 0.237 e. The molecule has 0 radical (unpaired) electrons. The molecule has 0 aliphatic rings. The molecular weight excluding hydrogens is 306 g/mol. The van der Waals surface area contributed by atoms with E-state index in [2.05, 4.69) is 50.3 Å². The van der Waals surface area contributed by atoms with Crippen LogP contribution in [0.15, 0.2) is 41.1 Å². The van der Waals surface area contributed by atoms with E-state index in [0.717, 1.165) is 22.3 Å². The van der Waals surface area contributed by atoms with E-state index in [-0.39, 0.29) is 6.04 Å². The zero-order valence-electron chi connectivity index (χ0n) is 10.9. The first-order valence-corrected chi connectivity index (χ1v) is 6.89. The van der Waals surface area contributed by atoms with Gasteiger partial charge in [0.25, 0.3) is 0 Å². The van der Waals surface area contributed by atoms with E-state index >= 15 is 0 Å².